The van der Waals surface area contributed by atoms with E-state index < -0.39 is 11.4 Å². The Kier molecular flexibility index (Phi) is 4.94. The van der Waals surface area contributed by atoms with Crippen LogP contribution in [0.15, 0.2) is 18.2 Å². The lowest BCUT2D eigenvalue weighted by molar-refractivity contribution is -0.144. The third-order valence-electron chi connectivity index (χ3n) is 3.54. The Bertz CT molecular complexity index is 395. The van der Waals surface area contributed by atoms with Crippen LogP contribution in [-0.2, 0) is 10.2 Å². The van der Waals surface area contributed by atoms with Crippen LogP contribution in [0.3, 0.4) is 0 Å². The summed E-state index contributed by atoms with van der Waals surface area (Å²) in [5.41, 5.74) is 2.54. The largest absolute Gasteiger partial charge is 0.481 e. The molecule has 1 aromatic carbocycles. The molecule has 100 valence electrons. The molecule has 0 aromatic heterocycles. The van der Waals surface area contributed by atoms with E-state index in [1.807, 2.05) is 26.0 Å². The Hall–Kier alpha value is -1.31. The van der Waals surface area contributed by atoms with Crippen molar-refractivity contribution in [2.24, 2.45) is 0 Å². The molecule has 2 nitrogen and oxygen atoms in total. The van der Waals surface area contributed by atoms with Crippen LogP contribution < -0.4 is 0 Å². The molecule has 0 unspecified atom stereocenters. The number of carboxylic acids is 1. The average molecular weight is 248 g/mol. The van der Waals surface area contributed by atoms with Crippen molar-refractivity contribution in [1.29, 1.82) is 0 Å². The first-order valence-electron chi connectivity index (χ1n) is 6.78. The van der Waals surface area contributed by atoms with Crippen LogP contribution >= 0.6 is 0 Å². The predicted molar refractivity (Wildman–Crippen MR) is 75.0 cm³/mol. The molecule has 0 amide bonds. The van der Waals surface area contributed by atoms with Crippen molar-refractivity contribution in [3.05, 3.63) is 34.9 Å². The summed E-state index contributed by atoms with van der Waals surface area (Å²) in [5, 5.41) is 9.72. The molecule has 0 aliphatic rings. The van der Waals surface area contributed by atoms with E-state index >= 15 is 0 Å². The number of carbonyl (C=O) groups is 1. The van der Waals surface area contributed by atoms with Gasteiger partial charge < -0.3 is 5.11 Å². The maximum Gasteiger partial charge on any atom is 0.314 e. The van der Waals surface area contributed by atoms with E-state index in [1.54, 1.807) is 0 Å². The van der Waals surface area contributed by atoms with Gasteiger partial charge in [-0.15, -0.1) is 0 Å². The summed E-state index contributed by atoms with van der Waals surface area (Å²) in [4.78, 5) is 11.8. The van der Waals surface area contributed by atoms with E-state index in [9.17, 15) is 9.90 Å². The van der Waals surface area contributed by atoms with Gasteiger partial charge in [-0.3, -0.25) is 4.79 Å². The quantitative estimate of drug-likeness (QED) is 0.818. The molecule has 0 spiro atoms. The maximum atomic E-state index is 11.8. The van der Waals surface area contributed by atoms with Crippen molar-refractivity contribution in [3.63, 3.8) is 0 Å². The van der Waals surface area contributed by atoms with Crippen LogP contribution in [0.2, 0.25) is 0 Å². The zero-order chi connectivity index (χ0) is 13.8. The minimum absolute atomic E-state index is 0.684. The fraction of sp³-hybridized carbons (Fsp3) is 0.562. The van der Waals surface area contributed by atoms with Crippen molar-refractivity contribution in [2.75, 3.05) is 0 Å². The Morgan fingerprint density at radius 2 is 1.50 bits per heavy atom. The summed E-state index contributed by atoms with van der Waals surface area (Å²) in [5.74, 6) is -0.684. The molecule has 0 fully saturated rings. The predicted octanol–water partition coefficient (Wildman–Crippen LogP) is 4.23. The van der Waals surface area contributed by atoms with Gasteiger partial charge in [0.15, 0.2) is 0 Å². The first-order chi connectivity index (χ1) is 8.46. The number of aliphatic carboxylic acids is 1. The number of hydrogen-bond acceptors (Lipinski definition) is 1. The molecule has 0 saturated carbocycles. The summed E-state index contributed by atoms with van der Waals surface area (Å²) >= 11 is 0. The van der Waals surface area contributed by atoms with E-state index in [4.69, 9.17) is 0 Å². The topological polar surface area (TPSA) is 37.3 Å². The van der Waals surface area contributed by atoms with Crippen molar-refractivity contribution >= 4 is 5.97 Å². The third-order valence-corrected chi connectivity index (χ3v) is 3.54. The summed E-state index contributed by atoms with van der Waals surface area (Å²) < 4.78 is 0. The second-order valence-electron chi connectivity index (χ2n) is 5.26. The standard InChI is InChI=1S/C16H24O2/c1-5-7-16(8-6-2,15(17)18)14-10-12(3)9-13(4)11-14/h9-11H,5-8H2,1-4H3,(H,17,18). The lowest BCUT2D eigenvalue weighted by Gasteiger charge is -2.30. The van der Waals surface area contributed by atoms with Crippen molar-refractivity contribution in [3.8, 4) is 0 Å². The third kappa shape index (κ3) is 2.92. The molecule has 1 aromatic rings. The van der Waals surface area contributed by atoms with Gasteiger partial charge in [0.1, 0.15) is 0 Å². The lowest BCUT2D eigenvalue weighted by atomic mass is 9.73. The van der Waals surface area contributed by atoms with Gasteiger partial charge in [-0.25, -0.2) is 0 Å². The molecule has 1 rings (SSSR count). The van der Waals surface area contributed by atoms with Gasteiger partial charge in [0.05, 0.1) is 5.41 Å². The molecule has 0 heterocycles. The zero-order valence-electron chi connectivity index (χ0n) is 11.9. The zero-order valence-corrected chi connectivity index (χ0v) is 11.9. The minimum Gasteiger partial charge on any atom is -0.481 e. The van der Waals surface area contributed by atoms with Crippen LogP contribution in [0.1, 0.15) is 56.2 Å². The van der Waals surface area contributed by atoms with E-state index in [2.05, 4.69) is 19.9 Å². The van der Waals surface area contributed by atoms with E-state index in [-0.39, 0.29) is 0 Å². The number of hydrogen-bond donors (Lipinski definition) is 1. The van der Waals surface area contributed by atoms with Crippen molar-refractivity contribution in [2.45, 2.75) is 58.8 Å². The molecule has 0 atom stereocenters. The number of aryl methyl sites for hydroxylation is 2. The Morgan fingerprint density at radius 3 is 1.83 bits per heavy atom. The van der Waals surface area contributed by atoms with E-state index in [0.717, 1.165) is 29.5 Å². The highest BCUT2D eigenvalue weighted by Crippen LogP contribution is 2.35. The number of carboxylic acid groups (broad SMARTS) is 1. The molecule has 0 aliphatic carbocycles. The Balaban J connectivity index is 3.35. The highest BCUT2D eigenvalue weighted by Gasteiger charge is 2.38. The maximum absolute atomic E-state index is 11.8. The molecular weight excluding hydrogens is 224 g/mol. The van der Waals surface area contributed by atoms with Gasteiger partial charge in [0.25, 0.3) is 0 Å². The number of rotatable bonds is 6. The molecular formula is C16H24O2. The van der Waals surface area contributed by atoms with Crippen LogP contribution in [0, 0.1) is 13.8 Å². The lowest BCUT2D eigenvalue weighted by Crippen LogP contribution is -2.35. The van der Waals surface area contributed by atoms with Gasteiger partial charge in [-0.1, -0.05) is 56.0 Å². The van der Waals surface area contributed by atoms with Gasteiger partial charge in [0, 0.05) is 0 Å². The van der Waals surface area contributed by atoms with Crippen LogP contribution in [0.4, 0.5) is 0 Å². The summed E-state index contributed by atoms with van der Waals surface area (Å²) in [7, 11) is 0. The summed E-state index contributed by atoms with van der Waals surface area (Å²) in [6.07, 6.45) is 3.19. The molecule has 0 bridgehead atoms. The second-order valence-corrected chi connectivity index (χ2v) is 5.26. The molecule has 18 heavy (non-hydrogen) atoms. The van der Waals surface area contributed by atoms with E-state index in [1.165, 1.54) is 0 Å². The second kappa shape index (κ2) is 6.03. The highest BCUT2D eigenvalue weighted by atomic mass is 16.4. The Labute approximate surface area is 110 Å². The fourth-order valence-corrected chi connectivity index (χ4v) is 2.86. The summed E-state index contributed by atoms with van der Waals surface area (Å²) in [6.45, 7) is 8.16. The first-order valence-corrected chi connectivity index (χ1v) is 6.78. The Morgan fingerprint density at radius 1 is 1.06 bits per heavy atom. The van der Waals surface area contributed by atoms with Crippen LogP contribution in [0.5, 0.6) is 0 Å². The van der Waals surface area contributed by atoms with Gasteiger partial charge in [0.2, 0.25) is 0 Å². The molecule has 2 heteroatoms. The smallest absolute Gasteiger partial charge is 0.314 e. The highest BCUT2D eigenvalue weighted by molar-refractivity contribution is 5.81. The van der Waals surface area contributed by atoms with Gasteiger partial charge in [-0.2, -0.15) is 0 Å². The first kappa shape index (κ1) is 14.7. The monoisotopic (exact) mass is 248 g/mol. The molecule has 0 saturated heterocycles. The number of benzene rings is 1. The van der Waals surface area contributed by atoms with E-state index in [0.29, 0.717) is 12.8 Å². The molecule has 0 aliphatic heterocycles. The van der Waals surface area contributed by atoms with Crippen molar-refractivity contribution in [1.82, 2.24) is 0 Å². The van der Waals surface area contributed by atoms with Gasteiger partial charge in [-0.05, 0) is 32.3 Å². The van der Waals surface area contributed by atoms with Gasteiger partial charge >= 0.3 is 5.97 Å². The minimum atomic E-state index is -0.708. The normalized spacial score (nSPS) is 11.6. The molecule has 1 N–H and O–H groups in total. The van der Waals surface area contributed by atoms with Crippen LogP contribution in [0.25, 0.3) is 0 Å². The van der Waals surface area contributed by atoms with Crippen LogP contribution in [-0.4, -0.2) is 11.1 Å². The SMILES string of the molecule is CCCC(CCC)(C(=O)O)c1cc(C)cc(C)c1. The van der Waals surface area contributed by atoms with Crippen molar-refractivity contribution < 1.29 is 9.90 Å². The summed E-state index contributed by atoms with van der Waals surface area (Å²) in [6, 6.07) is 6.16. The average Bonchev–Trinajstić information content (AvgIpc) is 2.26. The fourth-order valence-electron chi connectivity index (χ4n) is 2.86. The molecule has 0 radical (unpaired) electrons.